The number of fused-ring (bicyclic) bond motifs is 1. The molecule has 7 heteroatoms. The fourth-order valence-electron chi connectivity index (χ4n) is 3.66. The van der Waals surface area contributed by atoms with Gasteiger partial charge in [-0.25, -0.2) is 0 Å². The molecule has 3 aromatic rings. The minimum Gasteiger partial charge on any atom is -0.497 e. The molecule has 0 aliphatic heterocycles. The number of pyridine rings is 1. The van der Waals surface area contributed by atoms with Gasteiger partial charge in [0.2, 0.25) is 0 Å². The van der Waals surface area contributed by atoms with Crippen molar-refractivity contribution in [3.05, 3.63) is 92.4 Å². The number of halogens is 1. The molecule has 0 saturated carbocycles. The highest BCUT2D eigenvalue weighted by Gasteiger charge is 2.29. The van der Waals surface area contributed by atoms with Gasteiger partial charge >= 0.3 is 0 Å². The SMILES string of the molecule is COc1ccc([C@@H]2CC(=O)c3cc(C(=O)Nc4ccccc4Cl)c(=O)[nH]c3C2)cc1. The minimum atomic E-state index is -0.614. The summed E-state index contributed by atoms with van der Waals surface area (Å²) in [5.41, 5.74) is 1.66. The van der Waals surface area contributed by atoms with Crippen LogP contribution in [-0.4, -0.2) is 23.8 Å². The Balaban J connectivity index is 1.61. The quantitative estimate of drug-likeness (QED) is 0.659. The van der Waals surface area contributed by atoms with Gasteiger partial charge in [-0.2, -0.15) is 0 Å². The molecule has 2 N–H and O–H groups in total. The van der Waals surface area contributed by atoms with Gasteiger partial charge in [0.25, 0.3) is 11.5 Å². The summed E-state index contributed by atoms with van der Waals surface area (Å²) >= 11 is 6.06. The number of amides is 1. The van der Waals surface area contributed by atoms with Crippen molar-refractivity contribution in [3.8, 4) is 5.75 Å². The third kappa shape index (κ3) is 3.86. The average Bonchev–Trinajstić information content (AvgIpc) is 2.74. The molecule has 0 unspecified atom stereocenters. The number of nitrogens with one attached hydrogen (secondary N) is 2. The first-order valence-electron chi connectivity index (χ1n) is 9.45. The molecule has 30 heavy (non-hydrogen) atoms. The Morgan fingerprint density at radius 3 is 2.53 bits per heavy atom. The second kappa shape index (κ2) is 8.16. The molecule has 1 aromatic heterocycles. The molecule has 0 bridgehead atoms. The van der Waals surface area contributed by atoms with E-state index < -0.39 is 11.5 Å². The number of carbonyl (C=O) groups is 2. The summed E-state index contributed by atoms with van der Waals surface area (Å²) in [5.74, 6) is -0.0319. The smallest absolute Gasteiger partial charge is 0.261 e. The normalized spacial score (nSPS) is 15.4. The van der Waals surface area contributed by atoms with E-state index in [-0.39, 0.29) is 17.3 Å². The Bertz CT molecular complexity index is 1180. The van der Waals surface area contributed by atoms with Gasteiger partial charge in [-0.3, -0.25) is 14.4 Å². The van der Waals surface area contributed by atoms with Crippen molar-refractivity contribution < 1.29 is 14.3 Å². The lowest BCUT2D eigenvalue weighted by Gasteiger charge is -2.24. The number of methoxy groups -OCH3 is 1. The van der Waals surface area contributed by atoms with E-state index in [1.807, 2.05) is 24.3 Å². The number of anilines is 1. The van der Waals surface area contributed by atoms with E-state index in [2.05, 4.69) is 10.3 Å². The molecule has 1 atom stereocenters. The summed E-state index contributed by atoms with van der Waals surface area (Å²) in [6.07, 6.45) is 0.812. The Morgan fingerprint density at radius 1 is 1.10 bits per heavy atom. The molecule has 0 spiro atoms. The molecular weight excluding hydrogens is 404 g/mol. The summed E-state index contributed by atoms with van der Waals surface area (Å²) in [4.78, 5) is 40.7. The zero-order valence-electron chi connectivity index (χ0n) is 16.2. The van der Waals surface area contributed by atoms with Crippen LogP contribution in [0.1, 0.15) is 44.3 Å². The van der Waals surface area contributed by atoms with Crippen LogP contribution in [0, 0.1) is 0 Å². The number of benzene rings is 2. The van der Waals surface area contributed by atoms with Gasteiger partial charge in [-0.05, 0) is 48.2 Å². The predicted molar refractivity (Wildman–Crippen MR) is 115 cm³/mol. The Labute approximate surface area is 177 Å². The van der Waals surface area contributed by atoms with Crippen LogP contribution < -0.4 is 15.6 Å². The number of H-pyrrole nitrogens is 1. The summed E-state index contributed by atoms with van der Waals surface area (Å²) < 4.78 is 5.17. The molecule has 2 aromatic carbocycles. The van der Waals surface area contributed by atoms with Crippen molar-refractivity contribution in [1.29, 1.82) is 0 Å². The van der Waals surface area contributed by atoms with E-state index in [9.17, 15) is 14.4 Å². The third-order valence-corrected chi connectivity index (χ3v) is 5.59. The lowest BCUT2D eigenvalue weighted by atomic mass is 9.81. The fourth-order valence-corrected chi connectivity index (χ4v) is 3.85. The van der Waals surface area contributed by atoms with E-state index in [4.69, 9.17) is 16.3 Å². The van der Waals surface area contributed by atoms with Crippen LogP contribution in [0.15, 0.2) is 59.4 Å². The van der Waals surface area contributed by atoms with Gasteiger partial charge in [0.05, 0.1) is 17.8 Å². The van der Waals surface area contributed by atoms with Crippen LogP contribution >= 0.6 is 11.6 Å². The average molecular weight is 423 g/mol. The Kier molecular flexibility index (Phi) is 5.42. The maximum Gasteiger partial charge on any atom is 0.261 e. The zero-order chi connectivity index (χ0) is 21.3. The second-order valence-corrected chi connectivity index (χ2v) is 7.55. The molecule has 152 valence electrons. The fraction of sp³-hybridized carbons (Fsp3) is 0.174. The van der Waals surface area contributed by atoms with E-state index in [1.54, 1.807) is 31.4 Å². The molecule has 1 aliphatic carbocycles. The topological polar surface area (TPSA) is 88.3 Å². The molecule has 1 aliphatic rings. The highest BCUT2D eigenvalue weighted by Crippen LogP contribution is 2.32. The third-order valence-electron chi connectivity index (χ3n) is 5.26. The molecule has 0 radical (unpaired) electrons. The van der Waals surface area contributed by atoms with Crippen LogP contribution in [0.25, 0.3) is 0 Å². The molecular formula is C23H19ClN2O4. The largest absolute Gasteiger partial charge is 0.497 e. The van der Waals surface area contributed by atoms with Crippen molar-refractivity contribution in [2.75, 3.05) is 12.4 Å². The van der Waals surface area contributed by atoms with E-state index >= 15 is 0 Å². The van der Waals surface area contributed by atoms with Crippen LogP contribution in [0.3, 0.4) is 0 Å². The summed E-state index contributed by atoms with van der Waals surface area (Å²) in [7, 11) is 1.60. The van der Waals surface area contributed by atoms with Crippen molar-refractivity contribution in [2.24, 2.45) is 0 Å². The number of ketones is 1. The second-order valence-electron chi connectivity index (χ2n) is 7.14. The number of rotatable bonds is 4. The summed E-state index contributed by atoms with van der Waals surface area (Å²) in [6.45, 7) is 0. The molecule has 6 nitrogen and oxygen atoms in total. The van der Waals surface area contributed by atoms with Crippen LogP contribution in [-0.2, 0) is 6.42 Å². The number of aromatic nitrogens is 1. The Morgan fingerprint density at radius 2 is 1.83 bits per heavy atom. The highest BCUT2D eigenvalue weighted by atomic mass is 35.5. The van der Waals surface area contributed by atoms with Crippen LogP contribution in [0.4, 0.5) is 5.69 Å². The molecule has 1 heterocycles. The highest BCUT2D eigenvalue weighted by molar-refractivity contribution is 6.33. The molecule has 0 fully saturated rings. The maximum absolute atomic E-state index is 12.8. The molecule has 4 rings (SSSR count). The number of para-hydroxylation sites is 1. The monoisotopic (exact) mass is 422 g/mol. The summed E-state index contributed by atoms with van der Waals surface area (Å²) in [6, 6.07) is 15.7. The van der Waals surface area contributed by atoms with E-state index in [1.165, 1.54) is 6.07 Å². The van der Waals surface area contributed by atoms with Gasteiger partial charge in [0, 0.05) is 17.7 Å². The van der Waals surface area contributed by atoms with Crippen molar-refractivity contribution in [2.45, 2.75) is 18.8 Å². The maximum atomic E-state index is 12.8. The number of hydrogen-bond acceptors (Lipinski definition) is 4. The Hall–Kier alpha value is -3.38. The lowest BCUT2D eigenvalue weighted by molar-refractivity contribution is 0.0963. The van der Waals surface area contributed by atoms with Crippen LogP contribution in [0.2, 0.25) is 5.02 Å². The number of ether oxygens (including phenoxy) is 1. The van der Waals surface area contributed by atoms with E-state index in [0.29, 0.717) is 34.8 Å². The standard InChI is InChI=1S/C23H19ClN2O4/c1-30-15-8-6-13(7-9-15)14-10-20-16(21(27)11-14)12-17(23(29)26-20)22(28)25-19-5-3-2-4-18(19)24/h2-9,12,14H,10-11H2,1H3,(H,25,28)(H,26,29)/t14-/m0/s1. The molecule has 0 saturated heterocycles. The first-order chi connectivity index (χ1) is 14.5. The van der Waals surface area contributed by atoms with Crippen LogP contribution in [0.5, 0.6) is 5.75 Å². The first kappa shape index (κ1) is 19.9. The summed E-state index contributed by atoms with van der Waals surface area (Å²) in [5, 5.41) is 2.98. The number of hydrogen-bond donors (Lipinski definition) is 2. The van der Waals surface area contributed by atoms with Gasteiger partial charge in [0.15, 0.2) is 5.78 Å². The lowest BCUT2D eigenvalue weighted by Crippen LogP contribution is -2.29. The first-order valence-corrected chi connectivity index (χ1v) is 9.83. The van der Waals surface area contributed by atoms with Gasteiger partial charge in [-0.1, -0.05) is 35.9 Å². The molecule has 1 amide bonds. The van der Waals surface area contributed by atoms with Gasteiger partial charge < -0.3 is 15.0 Å². The number of Topliss-reactive ketones (excluding diaryl/α,β-unsaturated/α-hetero) is 1. The number of aromatic amines is 1. The van der Waals surface area contributed by atoms with Crippen molar-refractivity contribution in [3.63, 3.8) is 0 Å². The predicted octanol–water partition coefficient (Wildman–Crippen LogP) is 4.20. The van der Waals surface area contributed by atoms with Crippen molar-refractivity contribution in [1.82, 2.24) is 4.98 Å². The zero-order valence-corrected chi connectivity index (χ0v) is 17.0. The van der Waals surface area contributed by atoms with Gasteiger partial charge in [-0.15, -0.1) is 0 Å². The number of carbonyl (C=O) groups excluding carboxylic acids is 2. The van der Waals surface area contributed by atoms with Gasteiger partial charge in [0.1, 0.15) is 11.3 Å². The minimum absolute atomic E-state index is 0.0469. The van der Waals surface area contributed by atoms with Crippen molar-refractivity contribution >= 4 is 29.0 Å². The van der Waals surface area contributed by atoms with E-state index in [0.717, 1.165) is 11.3 Å².